The molecule has 0 aliphatic carbocycles. The topological polar surface area (TPSA) is 48.7 Å². The number of thiocarbonyl (C=S) groups is 1. The number of nitrogens with zero attached hydrogens (tertiary/aromatic N) is 2. The summed E-state index contributed by atoms with van der Waals surface area (Å²) in [6.07, 6.45) is 1.84. The molecule has 3 heterocycles. The molecule has 27 heavy (non-hydrogen) atoms. The molecule has 2 aliphatic heterocycles. The number of nitrogens with one attached hydrogen (secondary N) is 1. The third-order valence-electron chi connectivity index (χ3n) is 4.75. The number of rotatable bonds is 4. The van der Waals surface area contributed by atoms with E-state index in [1.807, 2.05) is 36.4 Å². The molecule has 1 amide bonds. The summed E-state index contributed by atoms with van der Waals surface area (Å²) in [6, 6.07) is 12.1. The van der Waals surface area contributed by atoms with Gasteiger partial charge in [-0.2, -0.15) is 0 Å². The van der Waals surface area contributed by atoms with Crippen LogP contribution < -0.4 is 5.32 Å². The molecule has 0 radical (unpaired) electrons. The molecule has 2 fully saturated rings. The SMILES string of the molecule is CN1C(=O)/C(=C/c2oc(-c3ccccc3)cc2CN2CCNCC2)SC1=S. The quantitative estimate of drug-likeness (QED) is 0.630. The average molecular weight is 400 g/mol. The Hall–Kier alpha value is -1.93. The molecular weight excluding hydrogens is 378 g/mol. The summed E-state index contributed by atoms with van der Waals surface area (Å²) in [5, 5.41) is 3.38. The number of hydrogen-bond acceptors (Lipinski definition) is 6. The van der Waals surface area contributed by atoms with Gasteiger partial charge in [0.05, 0.1) is 4.91 Å². The second-order valence-corrected chi connectivity index (χ2v) is 8.31. The highest BCUT2D eigenvalue weighted by Gasteiger charge is 2.29. The van der Waals surface area contributed by atoms with Gasteiger partial charge in [0.25, 0.3) is 5.91 Å². The third-order valence-corrected chi connectivity index (χ3v) is 6.24. The Morgan fingerprint density at radius 1 is 1.26 bits per heavy atom. The lowest BCUT2D eigenvalue weighted by Gasteiger charge is -2.26. The molecule has 4 rings (SSSR count). The molecule has 2 saturated heterocycles. The predicted molar refractivity (Wildman–Crippen MR) is 113 cm³/mol. The Morgan fingerprint density at radius 2 is 2.00 bits per heavy atom. The zero-order chi connectivity index (χ0) is 18.8. The van der Waals surface area contributed by atoms with E-state index in [2.05, 4.69) is 16.3 Å². The second-order valence-electron chi connectivity index (χ2n) is 6.63. The van der Waals surface area contributed by atoms with Gasteiger partial charge in [-0.3, -0.25) is 14.6 Å². The lowest BCUT2D eigenvalue weighted by atomic mass is 10.1. The van der Waals surface area contributed by atoms with Crippen LogP contribution in [0.5, 0.6) is 0 Å². The lowest BCUT2D eigenvalue weighted by Crippen LogP contribution is -2.42. The van der Waals surface area contributed by atoms with Crippen LogP contribution in [0.15, 0.2) is 45.7 Å². The van der Waals surface area contributed by atoms with Crippen LogP contribution in [0.25, 0.3) is 17.4 Å². The van der Waals surface area contributed by atoms with Crippen LogP contribution in [0.4, 0.5) is 0 Å². The van der Waals surface area contributed by atoms with E-state index in [1.54, 1.807) is 7.05 Å². The van der Waals surface area contributed by atoms with Gasteiger partial charge in [0.1, 0.15) is 15.8 Å². The fourth-order valence-electron chi connectivity index (χ4n) is 3.21. The number of hydrogen-bond donors (Lipinski definition) is 1. The number of thioether (sulfide) groups is 1. The van der Waals surface area contributed by atoms with Crippen molar-refractivity contribution in [1.29, 1.82) is 0 Å². The summed E-state index contributed by atoms with van der Waals surface area (Å²) < 4.78 is 6.75. The fraction of sp³-hybridized carbons (Fsp3) is 0.300. The Bertz CT molecular complexity index is 886. The van der Waals surface area contributed by atoms with Crippen molar-refractivity contribution in [2.75, 3.05) is 33.2 Å². The van der Waals surface area contributed by atoms with Crippen LogP contribution in [-0.4, -0.2) is 53.3 Å². The van der Waals surface area contributed by atoms with Gasteiger partial charge in [-0.15, -0.1) is 0 Å². The van der Waals surface area contributed by atoms with E-state index in [1.165, 1.54) is 16.7 Å². The molecule has 1 aromatic carbocycles. The van der Waals surface area contributed by atoms with E-state index >= 15 is 0 Å². The van der Waals surface area contributed by atoms with Crippen molar-refractivity contribution in [2.24, 2.45) is 0 Å². The first-order valence-electron chi connectivity index (χ1n) is 8.94. The zero-order valence-electron chi connectivity index (χ0n) is 15.1. The van der Waals surface area contributed by atoms with Crippen molar-refractivity contribution in [3.8, 4) is 11.3 Å². The van der Waals surface area contributed by atoms with Crippen LogP contribution in [0.1, 0.15) is 11.3 Å². The summed E-state index contributed by atoms with van der Waals surface area (Å²) in [5.74, 6) is 1.48. The van der Waals surface area contributed by atoms with Crippen LogP contribution in [0.2, 0.25) is 0 Å². The van der Waals surface area contributed by atoms with Crippen LogP contribution in [0, 0.1) is 0 Å². The fourth-order valence-corrected chi connectivity index (χ4v) is 4.36. The summed E-state index contributed by atoms with van der Waals surface area (Å²) in [6.45, 7) is 4.79. The minimum Gasteiger partial charge on any atom is -0.456 e. The molecule has 7 heteroatoms. The molecule has 0 spiro atoms. The van der Waals surface area contributed by atoms with Crippen molar-refractivity contribution >= 4 is 40.3 Å². The van der Waals surface area contributed by atoms with Gasteiger partial charge >= 0.3 is 0 Å². The van der Waals surface area contributed by atoms with Gasteiger partial charge < -0.3 is 9.73 Å². The van der Waals surface area contributed by atoms with Gasteiger partial charge in [-0.05, 0) is 6.07 Å². The first-order valence-corrected chi connectivity index (χ1v) is 10.2. The van der Waals surface area contributed by atoms with E-state index in [0.29, 0.717) is 9.23 Å². The Morgan fingerprint density at radius 3 is 2.67 bits per heavy atom. The molecule has 2 aliphatic rings. The smallest absolute Gasteiger partial charge is 0.266 e. The number of carbonyl (C=O) groups excluding carboxylic acids is 1. The van der Waals surface area contributed by atoms with Crippen molar-refractivity contribution in [1.82, 2.24) is 15.1 Å². The maximum absolute atomic E-state index is 12.4. The average Bonchev–Trinajstić information content (AvgIpc) is 3.20. The lowest BCUT2D eigenvalue weighted by molar-refractivity contribution is -0.121. The number of carbonyl (C=O) groups is 1. The van der Waals surface area contributed by atoms with Crippen molar-refractivity contribution in [3.63, 3.8) is 0 Å². The number of benzene rings is 1. The van der Waals surface area contributed by atoms with E-state index < -0.39 is 0 Å². The van der Waals surface area contributed by atoms with Gasteiger partial charge in [-0.25, -0.2) is 0 Å². The first kappa shape index (κ1) is 18.4. The van der Waals surface area contributed by atoms with Gasteiger partial charge in [0.15, 0.2) is 0 Å². The van der Waals surface area contributed by atoms with E-state index in [4.69, 9.17) is 16.6 Å². The number of furan rings is 1. The second kappa shape index (κ2) is 7.98. The molecule has 0 bridgehead atoms. The zero-order valence-corrected chi connectivity index (χ0v) is 16.7. The van der Waals surface area contributed by atoms with Crippen LogP contribution >= 0.6 is 24.0 Å². The Kier molecular flexibility index (Phi) is 5.45. The van der Waals surface area contributed by atoms with Crippen molar-refractivity contribution in [2.45, 2.75) is 6.54 Å². The first-order chi connectivity index (χ1) is 13.1. The molecule has 0 saturated carbocycles. The van der Waals surface area contributed by atoms with Crippen molar-refractivity contribution in [3.05, 3.63) is 52.6 Å². The standard InChI is InChI=1S/C20H21N3O2S2/c1-22-19(24)18(27-20(22)26)12-17-15(13-23-9-7-21-8-10-23)11-16(25-17)14-5-3-2-4-6-14/h2-6,11-12,21H,7-10,13H2,1H3/b18-12-. The third kappa shape index (κ3) is 4.01. The largest absolute Gasteiger partial charge is 0.456 e. The van der Waals surface area contributed by atoms with Crippen molar-refractivity contribution < 1.29 is 9.21 Å². The van der Waals surface area contributed by atoms with Crippen LogP contribution in [0.3, 0.4) is 0 Å². The summed E-state index contributed by atoms with van der Waals surface area (Å²) in [7, 11) is 1.71. The van der Waals surface area contributed by atoms with Gasteiger partial charge in [0, 0.05) is 57.0 Å². The maximum Gasteiger partial charge on any atom is 0.266 e. The molecule has 0 atom stereocenters. The minimum absolute atomic E-state index is 0.0733. The molecule has 2 aromatic rings. The van der Waals surface area contributed by atoms with Gasteiger partial charge in [0.2, 0.25) is 0 Å². The summed E-state index contributed by atoms with van der Waals surface area (Å²) >= 11 is 6.56. The van der Waals surface area contributed by atoms with E-state index in [9.17, 15) is 4.79 Å². The Balaban J connectivity index is 1.68. The molecule has 0 unspecified atom stereocenters. The van der Waals surface area contributed by atoms with Gasteiger partial charge in [-0.1, -0.05) is 54.3 Å². The Labute approximate surface area is 168 Å². The number of likely N-dealkylation sites (N-methyl/N-ethyl adjacent to an activating group) is 1. The molecule has 140 valence electrons. The van der Waals surface area contributed by atoms with E-state index in [0.717, 1.165) is 55.4 Å². The molecule has 1 aromatic heterocycles. The summed E-state index contributed by atoms with van der Waals surface area (Å²) in [4.78, 5) is 16.9. The number of piperazine rings is 1. The number of amides is 1. The summed E-state index contributed by atoms with van der Waals surface area (Å²) in [5.41, 5.74) is 2.12. The predicted octanol–water partition coefficient (Wildman–Crippen LogP) is 3.18. The highest BCUT2D eigenvalue weighted by Crippen LogP contribution is 2.34. The minimum atomic E-state index is -0.0733. The molecule has 5 nitrogen and oxygen atoms in total. The van der Waals surface area contributed by atoms with E-state index in [-0.39, 0.29) is 5.91 Å². The normalized spacial score (nSPS) is 20.0. The maximum atomic E-state index is 12.4. The monoisotopic (exact) mass is 399 g/mol. The van der Waals surface area contributed by atoms with Crippen LogP contribution in [-0.2, 0) is 11.3 Å². The highest BCUT2D eigenvalue weighted by atomic mass is 32.2. The highest BCUT2D eigenvalue weighted by molar-refractivity contribution is 8.26. The molecular formula is C20H21N3O2S2. The molecule has 1 N–H and O–H groups in total.